The molecule has 7 nitrogen and oxygen atoms in total. The molecule has 0 bridgehead atoms. The molecule has 0 saturated carbocycles. The van der Waals surface area contributed by atoms with Gasteiger partial charge >= 0.3 is 5.97 Å². The number of thiophene rings is 1. The van der Waals surface area contributed by atoms with Gasteiger partial charge in [0.15, 0.2) is 4.67 Å². The largest absolute Gasteiger partial charge is 0.475 e. The minimum Gasteiger partial charge on any atom is -0.475 e. The highest BCUT2D eigenvalue weighted by Gasteiger charge is 2.25. The Bertz CT molecular complexity index is 737. The van der Waals surface area contributed by atoms with Gasteiger partial charge in [0.25, 0.3) is 0 Å². The number of aliphatic hydroxyl groups excluding tert-OH is 1. The summed E-state index contributed by atoms with van der Waals surface area (Å²) in [7, 11) is -4.00. The van der Waals surface area contributed by atoms with Crippen LogP contribution in [0.1, 0.15) is 22.2 Å². The number of aliphatic hydroxyl groups is 1. The highest BCUT2D eigenvalue weighted by Crippen LogP contribution is 2.26. The fraction of sp³-hybridized carbons (Fsp3) is 0.182. The molecule has 0 amide bonds. The first-order chi connectivity index (χ1) is 9.81. The zero-order chi connectivity index (χ0) is 15.6. The molecule has 2 heterocycles. The summed E-state index contributed by atoms with van der Waals surface area (Å²) >= 11 is 4.24. The number of carboxylic acids is 1. The third-order valence-electron chi connectivity index (χ3n) is 2.55. The van der Waals surface area contributed by atoms with E-state index in [0.29, 0.717) is 5.56 Å². The normalized spacial score (nSPS) is 13.2. The van der Waals surface area contributed by atoms with E-state index >= 15 is 0 Å². The average molecular weight is 396 g/mol. The molecule has 2 aromatic heterocycles. The van der Waals surface area contributed by atoms with Gasteiger partial charge in [0.1, 0.15) is 4.90 Å². The molecule has 2 aromatic rings. The summed E-state index contributed by atoms with van der Waals surface area (Å²) in [5, 5.41) is 22.1. The van der Waals surface area contributed by atoms with Gasteiger partial charge in [-0.25, -0.2) is 17.9 Å². The fourth-order valence-electron chi connectivity index (χ4n) is 1.49. The second-order valence-corrected chi connectivity index (χ2v) is 7.21. The van der Waals surface area contributed by atoms with Crippen molar-refractivity contribution in [1.82, 2.24) is 4.72 Å². The van der Waals surface area contributed by atoms with Gasteiger partial charge in [-0.05, 0) is 38.3 Å². The Morgan fingerprint density at radius 3 is 2.76 bits per heavy atom. The number of furan rings is 1. The van der Waals surface area contributed by atoms with E-state index in [2.05, 4.69) is 20.7 Å². The molecule has 0 saturated heterocycles. The molecule has 0 aliphatic rings. The number of hydrogen-bond acceptors (Lipinski definition) is 6. The predicted molar refractivity (Wildman–Crippen MR) is 77.8 cm³/mol. The maximum atomic E-state index is 12.1. The molecular weight excluding hydrogens is 386 g/mol. The van der Waals surface area contributed by atoms with E-state index in [0.717, 1.165) is 6.07 Å². The Balaban J connectivity index is 2.13. The first-order valence-electron chi connectivity index (χ1n) is 5.53. The van der Waals surface area contributed by atoms with Crippen LogP contribution in [-0.4, -0.2) is 31.1 Å². The lowest BCUT2D eigenvalue weighted by molar-refractivity contribution is 0.0661. The Kier molecular flexibility index (Phi) is 4.84. The van der Waals surface area contributed by atoms with E-state index in [9.17, 15) is 18.3 Å². The molecule has 0 aliphatic heterocycles. The van der Waals surface area contributed by atoms with Gasteiger partial charge in [-0.3, -0.25) is 0 Å². The summed E-state index contributed by atoms with van der Waals surface area (Å²) in [6, 6.07) is 2.58. The number of nitrogens with one attached hydrogen (secondary N) is 1. The molecule has 21 heavy (non-hydrogen) atoms. The zero-order valence-corrected chi connectivity index (χ0v) is 13.5. The van der Waals surface area contributed by atoms with Gasteiger partial charge in [-0.1, -0.05) is 0 Å². The van der Waals surface area contributed by atoms with Gasteiger partial charge in [-0.2, -0.15) is 11.3 Å². The second-order valence-electron chi connectivity index (χ2n) is 3.98. The first kappa shape index (κ1) is 16.2. The van der Waals surface area contributed by atoms with Gasteiger partial charge < -0.3 is 14.6 Å². The van der Waals surface area contributed by atoms with E-state index in [1.54, 1.807) is 16.8 Å². The minimum absolute atomic E-state index is 0.211. The van der Waals surface area contributed by atoms with Gasteiger partial charge in [0, 0.05) is 12.6 Å². The molecule has 0 fully saturated rings. The molecule has 0 spiro atoms. The van der Waals surface area contributed by atoms with Crippen LogP contribution in [-0.2, 0) is 10.0 Å². The van der Waals surface area contributed by atoms with Crippen molar-refractivity contribution in [1.29, 1.82) is 0 Å². The van der Waals surface area contributed by atoms with Crippen LogP contribution >= 0.6 is 27.3 Å². The van der Waals surface area contributed by atoms with Gasteiger partial charge in [0.05, 0.1) is 6.10 Å². The summed E-state index contributed by atoms with van der Waals surface area (Å²) < 4.78 is 30.9. The SMILES string of the molecule is O=C(O)c1cc(S(=O)(=O)NCC(O)c2ccsc2)c(Br)o1. The van der Waals surface area contributed by atoms with E-state index in [4.69, 9.17) is 9.52 Å². The van der Waals surface area contributed by atoms with E-state index in [1.807, 2.05) is 0 Å². The first-order valence-corrected chi connectivity index (χ1v) is 8.75. The zero-order valence-electron chi connectivity index (χ0n) is 10.3. The molecule has 1 unspecified atom stereocenters. The van der Waals surface area contributed by atoms with Crippen LogP contribution in [0, 0.1) is 0 Å². The number of aromatic carboxylic acids is 1. The molecular formula is C11H10BrNO6S2. The minimum atomic E-state index is -4.00. The van der Waals surface area contributed by atoms with Crippen LogP contribution < -0.4 is 4.72 Å². The number of halogens is 1. The topological polar surface area (TPSA) is 117 Å². The van der Waals surface area contributed by atoms with Gasteiger partial charge in [0.2, 0.25) is 15.8 Å². The number of rotatable bonds is 6. The van der Waals surface area contributed by atoms with Crippen LogP contribution in [0.2, 0.25) is 0 Å². The number of sulfonamides is 1. The lowest BCUT2D eigenvalue weighted by Gasteiger charge is -2.10. The Morgan fingerprint density at radius 1 is 1.52 bits per heavy atom. The van der Waals surface area contributed by atoms with Crippen LogP contribution in [0.25, 0.3) is 0 Å². The van der Waals surface area contributed by atoms with Crippen LogP contribution in [0.4, 0.5) is 0 Å². The van der Waals surface area contributed by atoms with Crippen molar-refractivity contribution in [2.45, 2.75) is 11.0 Å². The smallest absolute Gasteiger partial charge is 0.371 e. The molecule has 114 valence electrons. The van der Waals surface area contributed by atoms with Crippen molar-refractivity contribution >= 4 is 43.3 Å². The molecule has 3 N–H and O–H groups in total. The molecule has 0 radical (unpaired) electrons. The standard InChI is InChI=1S/C11H10BrNO6S2/c12-10-9(3-8(19-10)11(15)16)21(17,18)13-4-7(14)6-1-2-20-5-6/h1-3,5,7,13-14H,4H2,(H,15,16). The maximum Gasteiger partial charge on any atom is 0.371 e. The summed E-state index contributed by atoms with van der Waals surface area (Å²) in [6.45, 7) is -0.237. The molecule has 0 aliphatic carbocycles. The van der Waals surface area contributed by atoms with E-state index in [1.165, 1.54) is 11.3 Å². The van der Waals surface area contributed by atoms with Crippen LogP contribution in [0.3, 0.4) is 0 Å². The second kappa shape index (κ2) is 6.28. The van der Waals surface area contributed by atoms with Crippen molar-refractivity contribution < 1.29 is 27.8 Å². The summed E-state index contributed by atoms with van der Waals surface area (Å²) in [4.78, 5) is 10.4. The third kappa shape index (κ3) is 3.71. The quantitative estimate of drug-likeness (QED) is 0.686. The van der Waals surface area contributed by atoms with Crippen molar-refractivity contribution in [3.63, 3.8) is 0 Å². The number of carbonyl (C=O) groups is 1. The molecule has 2 rings (SSSR count). The summed E-state index contributed by atoms with van der Waals surface area (Å²) in [5.41, 5.74) is 0.597. The van der Waals surface area contributed by atoms with Crippen molar-refractivity contribution in [2.24, 2.45) is 0 Å². The average Bonchev–Trinajstić information content (AvgIpc) is 3.05. The molecule has 0 aromatic carbocycles. The fourth-order valence-corrected chi connectivity index (χ4v) is 4.17. The highest BCUT2D eigenvalue weighted by molar-refractivity contribution is 9.10. The highest BCUT2D eigenvalue weighted by atomic mass is 79.9. The van der Waals surface area contributed by atoms with Gasteiger partial charge in [-0.15, -0.1) is 0 Å². The van der Waals surface area contributed by atoms with Crippen molar-refractivity contribution in [3.05, 3.63) is 38.9 Å². The maximum absolute atomic E-state index is 12.1. The summed E-state index contributed by atoms with van der Waals surface area (Å²) in [5.74, 6) is -1.88. The lowest BCUT2D eigenvalue weighted by atomic mass is 10.2. The van der Waals surface area contributed by atoms with Crippen LogP contribution in [0.15, 0.2) is 36.9 Å². The Morgan fingerprint density at radius 2 is 2.24 bits per heavy atom. The Hall–Kier alpha value is -1.20. The van der Waals surface area contributed by atoms with Crippen molar-refractivity contribution in [3.8, 4) is 0 Å². The number of carboxylic acid groups (broad SMARTS) is 1. The van der Waals surface area contributed by atoms with Crippen LogP contribution in [0.5, 0.6) is 0 Å². The predicted octanol–water partition coefficient (Wildman–Crippen LogP) is 1.81. The molecule has 10 heteroatoms. The third-order valence-corrected chi connectivity index (χ3v) is 5.53. The van der Waals surface area contributed by atoms with E-state index < -0.39 is 27.9 Å². The van der Waals surface area contributed by atoms with Crippen molar-refractivity contribution in [2.75, 3.05) is 6.54 Å². The number of hydrogen-bond donors (Lipinski definition) is 3. The molecule has 1 atom stereocenters. The summed E-state index contributed by atoms with van der Waals surface area (Å²) in [6.07, 6.45) is -0.990. The Labute approximate surface area is 132 Å². The lowest BCUT2D eigenvalue weighted by Crippen LogP contribution is -2.28. The monoisotopic (exact) mass is 395 g/mol. The van der Waals surface area contributed by atoms with E-state index in [-0.39, 0.29) is 16.1 Å².